The maximum Gasteiger partial charge on any atom is 0.303 e. The predicted octanol–water partition coefficient (Wildman–Crippen LogP) is 5.82. The molecule has 0 saturated carbocycles. The molecule has 0 aromatic heterocycles. The number of hydrogen-bond donors (Lipinski definition) is 1. The quantitative estimate of drug-likeness (QED) is 0.215. The summed E-state index contributed by atoms with van der Waals surface area (Å²) in [6.45, 7) is 24.5. The summed E-state index contributed by atoms with van der Waals surface area (Å²) in [5, 5.41) is 13.3. The van der Waals surface area contributed by atoms with Crippen molar-refractivity contribution in [1.82, 2.24) is 0 Å². The van der Waals surface area contributed by atoms with Gasteiger partial charge in [-0.1, -0.05) is 108 Å². The largest absolute Gasteiger partial charge is 0.457 e. The lowest BCUT2D eigenvalue weighted by molar-refractivity contribution is -0.172. The number of aliphatic hydroxyl groups excluding tert-OH is 1. The number of esters is 1. The molecule has 0 aliphatic heterocycles. The van der Waals surface area contributed by atoms with Crippen LogP contribution in [0.1, 0.15) is 55.4 Å². The summed E-state index contributed by atoms with van der Waals surface area (Å²) >= 11 is 0. The molecule has 0 saturated heterocycles. The molecule has 0 unspecified atom stereocenters. The predicted molar refractivity (Wildman–Crippen MR) is 162 cm³/mol. The van der Waals surface area contributed by atoms with Gasteiger partial charge in [0, 0.05) is 6.92 Å². The molecule has 5 nitrogen and oxygen atoms in total. The van der Waals surface area contributed by atoms with E-state index >= 15 is 0 Å². The fourth-order valence-electron chi connectivity index (χ4n) is 4.55. The number of carbonyl (C=O) groups is 1. The molecule has 210 valence electrons. The Labute approximate surface area is 232 Å². The highest BCUT2D eigenvalue weighted by Crippen LogP contribution is 2.42. The van der Waals surface area contributed by atoms with Crippen LogP contribution in [-0.2, 0) is 18.4 Å². The number of carbonyl (C=O) groups excluding carboxylic acids is 1. The van der Waals surface area contributed by atoms with E-state index in [0.29, 0.717) is 0 Å². The van der Waals surface area contributed by atoms with E-state index in [1.54, 1.807) is 0 Å². The lowest BCUT2D eigenvalue weighted by Gasteiger charge is -2.51. The van der Waals surface area contributed by atoms with E-state index in [0.717, 1.165) is 10.4 Å². The number of benzene rings is 2. The van der Waals surface area contributed by atoms with Gasteiger partial charge in [0.25, 0.3) is 8.32 Å². The molecule has 0 bridgehead atoms. The molecule has 38 heavy (non-hydrogen) atoms. The minimum Gasteiger partial charge on any atom is -0.457 e. The molecule has 1 N–H and O–H groups in total. The lowest BCUT2D eigenvalue weighted by atomic mass is 9.92. The first-order chi connectivity index (χ1) is 17.4. The summed E-state index contributed by atoms with van der Waals surface area (Å²) in [7, 11) is -5.34. The molecule has 0 aliphatic rings. The highest BCUT2D eigenvalue weighted by molar-refractivity contribution is 6.99. The molecular weight excluding hydrogens is 509 g/mol. The van der Waals surface area contributed by atoms with E-state index in [4.69, 9.17) is 13.6 Å². The maximum atomic E-state index is 12.4. The first-order valence-electron chi connectivity index (χ1n) is 13.4. The topological polar surface area (TPSA) is 65.0 Å². The van der Waals surface area contributed by atoms with Gasteiger partial charge in [-0.15, -0.1) is 6.58 Å². The molecule has 2 rings (SSSR count). The van der Waals surface area contributed by atoms with Crippen LogP contribution in [0.3, 0.4) is 0 Å². The van der Waals surface area contributed by atoms with E-state index in [2.05, 4.69) is 85.5 Å². The SMILES string of the molecule is C=C[C@H](O)[C@@](C)(O[Si](c1ccccc1)(c1ccccc1)C(C)(C)C)[C@@H](CO[Si](C)(C)C(C)(C)C)OC(C)=O. The fourth-order valence-corrected chi connectivity index (χ4v) is 10.4. The van der Waals surface area contributed by atoms with Crippen LogP contribution in [-0.4, -0.2) is 52.1 Å². The van der Waals surface area contributed by atoms with E-state index in [1.165, 1.54) is 13.0 Å². The van der Waals surface area contributed by atoms with Crippen LogP contribution < -0.4 is 10.4 Å². The van der Waals surface area contributed by atoms with E-state index < -0.39 is 40.4 Å². The Balaban J connectivity index is 2.80. The highest BCUT2D eigenvalue weighted by atomic mass is 28.4. The maximum absolute atomic E-state index is 12.4. The third kappa shape index (κ3) is 6.75. The molecule has 0 spiro atoms. The zero-order chi connectivity index (χ0) is 29.0. The summed E-state index contributed by atoms with van der Waals surface area (Å²) in [5.74, 6) is -0.456. The van der Waals surface area contributed by atoms with Crippen LogP contribution in [0.15, 0.2) is 73.3 Å². The van der Waals surface area contributed by atoms with Crippen LogP contribution in [0.4, 0.5) is 0 Å². The third-order valence-electron chi connectivity index (χ3n) is 7.95. The molecule has 0 aliphatic carbocycles. The zero-order valence-electron chi connectivity index (χ0n) is 25.0. The summed E-state index contributed by atoms with van der Waals surface area (Å²) < 4.78 is 19.9. The summed E-state index contributed by atoms with van der Waals surface area (Å²) in [6, 6.07) is 20.4. The van der Waals surface area contributed by atoms with Crippen molar-refractivity contribution in [3.8, 4) is 0 Å². The van der Waals surface area contributed by atoms with E-state index in [-0.39, 0.29) is 16.7 Å². The second-order valence-electron chi connectivity index (χ2n) is 12.8. The Morgan fingerprint density at radius 1 is 0.895 bits per heavy atom. The van der Waals surface area contributed by atoms with Crippen LogP contribution in [0.2, 0.25) is 23.2 Å². The molecule has 2 aromatic carbocycles. The summed E-state index contributed by atoms with van der Waals surface area (Å²) in [5.41, 5.74) is -1.35. The Kier molecular flexibility index (Phi) is 10.2. The standard InChI is InChI=1S/C31H48O5Si2/c1-12-27(33)31(9,28(35-24(2)32)23-34-37(10,11)29(3,4)5)36-38(30(6,7)8,25-19-15-13-16-20-25)26-21-17-14-18-22-26/h12-22,27-28,33H,1,23H2,2-11H3/t27-,28+,31+/m0/s1. The third-order valence-corrected chi connectivity index (χ3v) is 17.6. The average molecular weight is 557 g/mol. The Bertz CT molecular complexity index is 1020. The van der Waals surface area contributed by atoms with Crippen molar-refractivity contribution in [2.24, 2.45) is 0 Å². The number of ether oxygens (including phenoxy) is 1. The number of hydrogen-bond acceptors (Lipinski definition) is 5. The van der Waals surface area contributed by atoms with E-state index in [9.17, 15) is 9.90 Å². The molecule has 7 heteroatoms. The van der Waals surface area contributed by atoms with Crippen LogP contribution in [0.5, 0.6) is 0 Å². The van der Waals surface area contributed by atoms with Gasteiger partial charge in [-0.3, -0.25) is 4.79 Å². The Hall–Kier alpha value is -2.04. The average Bonchev–Trinajstić information content (AvgIpc) is 2.83. The van der Waals surface area contributed by atoms with Crippen molar-refractivity contribution in [1.29, 1.82) is 0 Å². The fraction of sp³-hybridized carbons (Fsp3) is 0.516. The zero-order valence-corrected chi connectivity index (χ0v) is 27.0. The van der Waals surface area contributed by atoms with Crippen LogP contribution in [0.25, 0.3) is 0 Å². The number of aliphatic hydroxyl groups is 1. The van der Waals surface area contributed by atoms with Crippen LogP contribution in [0, 0.1) is 0 Å². The van der Waals surface area contributed by atoms with Gasteiger partial charge in [-0.25, -0.2) is 0 Å². The van der Waals surface area contributed by atoms with Crippen molar-refractivity contribution >= 4 is 33.0 Å². The Morgan fingerprint density at radius 3 is 1.68 bits per heavy atom. The van der Waals surface area contributed by atoms with Gasteiger partial charge in [0.05, 0.1) is 6.61 Å². The normalized spacial score (nSPS) is 16.3. The second-order valence-corrected chi connectivity index (χ2v) is 21.8. The lowest BCUT2D eigenvalue weighted by Crippen LogP contribution is -2.73. The molecule has 3 atom stereocenters. The van der Waals surface area contributed by atoms with Gasteiger partial charge in [-0.05, 0) is 40.5 Å². The summed E-state index contributed by atoms with van der Waals surface area (Å²) in [4.78, 5) is 12.4. The second kappa shape index (κ2) is 12.0. The minimum absolute atomic E-state index is 0.0416. The molecule has 0 radical (unpaired) electrons. The van der Waals surface area contributed by atoms with Crippen molar-refractivity contribution in [3.63, 3.8) is 0 Å². The van der Waals surface area contributed by atoms with Crippen molar-refractivity contribution in [3.05, 3.63) is 73.3 Å². The van der Waals surface area contributed by atoms with Gasteiger partial charge in [0.1, 0.15) is 11.7 Å². The molecular formula is C31H48O5Si2. The van der Waals surface area contributed by atoms with Crippen LogP contribution >= 0.6 is 0 Å². The number of rotatable bonds is 11. The Morgan fingerprint density at radius 2 is 1.34 bits per heavy atom. The smallest absolute Gasteiger partial charge is 0.303 e. The van der Waals surface area contributed by atoms with E-state index in [1.807, 2.05) is 43.3 Å². The molecule has 0 amide bonds. The molecule has 0 heterocycles. The van der Waals surface area contributed by atoms with Gasteiger partial charge in [0.2, 0.25) is 0 Å². The monoisotopic (exact) mass is 556 g/mol. The van der Waals surface area contributed by atoms with Crippen molar-refractivity contribution in [2.75, 3.05) is 6.61 Å². The van der Waals surface area contributed by atoms with Gasteiger partial charge in [-0.2, -0.15) is 0 Å². The van der Waals surface area contributed by atoms with Crippen molar-refractivity contribution < 1.29 is 23.5 Å². The molecule has 2 aromatic rings. The van der Waals surface area contributed by atoms with Gasteiger partial charge < -0.3 is 18.7 Å². The van der Waals surface area contributed by atoms with Gasteiger partial charge in [0.15, 0.2) is 14.4 Å². The first-order valence-corrected chi connectivity index (χ1v) is 18.2. The minimum atomic E-state index is -3.13. The highest BCUT2D eigenvalue weighted by Gasteiger charge is 2.57. The van der Waals surface area contributed by atoms with Crippen molar-refractivity contribution in [2.45, 2.75) is 96.4 Å². The summed E-state index contributed by atoms with van der Waals surface area (Å²) in [6.07, 6.45) is -0.541. The molecule has 0 fully saturated rings. The first kappa shape index (κ1) is 32.2. The van der Waals surface area contributed by atoms with Gasteiger partial charge >= 0.3 is 5.97 Å².